The van der Waals surface area contributed by atoms with Crippen molar-refractivity contribution in [3.05, 3.63) is 24.3 Å². The summed E-state index contributed by atoms with van der Waals surface area (Å²) in [6.07, 6.45) is 3.77. The fourth-order valence-corrected chi connectivity index (χ4v) is 3.22. The summed E-state index contributed by atoms with van der Waals surface area (Å²) in [7, 11) is -3.70. The van der Waals surface area contributed by atoms with Gasteiger partial charge in [0.1, 0.15) is 0 Å². The van der Waals surface area contributed by atoms with Crippen molar-refractivity contribution in [2.24, 2.45) is 11.1 Å². The molecule has 0 aromatic heterocycles. The van der Waals surface area contributed by atoms with Crippen LogP contribution in [0, 0.1) is 5.92 Å². The molecule has 0 unspecified atom stereocenters. The number of rotatable bonds is 6. The van der Waals surface area contributed by atoms with E-state index >= 15 is 0 Å². The SMILES string of the molecule is CC1CCN(CCCC(=O)Nc2ccc(S(N)(=O)=O)cc2)CC1. The van der Waals surface area contributed by atoms with E-state index in [2.05, 4.69) is 17.1 Å². The van der Waals surface area contributed by atoms with E-state index in [0.717, 1.165) is 32.0 Å². The molecule has 0 saturated carbocycles. The van der Waals surface area contributed by atoms with Crippen LogP contribution in [0.3, 0.4) is 0 Å². The lowest BCUT2D eigenvalue weighted by atomic mass is 9.99. The Kier molecular flexibility index (Phi) is 6.15. The summed E-state index contributed by atoms with van der Waals surface area (Å²) in [5.74, 6) is 0.758. The Morgan fingerprint density at radius 3 is 2.43 bits per heavy atom. The van der Waals surface area contributed by atoms with Gasteiger partial charge >= 0.3 is 0 Å². The number of hydrogen-bond acceptors (Lipinski definition) is 4. The molecule has 0 spiro atoms. The largest absolute Gasteiger partial charge is 0.326 e. The zero-order valence-corrected chi connectivity index (χ0v) is 14.3. The van der Waals surface area contributed by atoms with E-state index in [4.69, 9.17) is 5.14 Å². The maximum absolute atomic E-state index is 11.9. The fraction of sp³-hybridized carbons (Fsp3) is 0.562. The number of anilines is 1. The van der Waals surface area contributed by atoms with Gasteiger partial charge in [0.25, 0.3) is 0 Å². The summed E-state index contributed by atoms with van der Waals surface area (Å²) < 4.78 is 22.3. The minimum Gasteiger partial charge on any atom is -0.326 e. The number of primary sulfonamides is 1. The van der Waals surface area contributed by atoms with Gasteiger partial charge in [-0.25, -0.2) is 13.6 Å². The second-order valence-corrected chi connectivity index (χ2v) is 7.81. The Balaban J connectivity index is 1.72. The molecule has 0 atom stereocenters. The number of amides is 1. The van der Waals surface area contributed by atoms with E-state index in [9.17, 15) is 13.2 Å². The van der Waals surface area contributed by atoms with Crippen molar-refractivity contribution in [1.82, 2.24) is 4.90 Å². The number of sulfonamides is 1. The van der Waals surface area contributed by atoms with Gasteiger partial charge in [-0.15, -0.1) is 0 Å². The minimum atomic E-state index is -3.70. The van der Waals surface area contributed by atoms with Gasteiger partial charge in [-0.05, 0) is 69.1 Å². The van der Waals surface area contributed by atoms with Crippen molar-refractivity contribution >= 4 is 21.6 Å². The monoisotopic (exact) mass is 339 g/mol. The first-order valence-corrected chi connectivity index (χ1v) is 9.54. The fourth-order valence-electron chi connectivity index (χ4n) is 2.70. The van der Waals surface area contributed by atoms with Gasteiger partial charge in [0, 0.05) is 12.1 Å². The molecule has 0 bridgehead atoms. The van der Waals surface area contributed by atoms with E-state index in [-0.39, 0.29) is 10.8 Å². The highest BCUT2D eigenvalue weighted by atomic mass is 32.2. The summed E-state index contributed by atoms with van der Waals surface area (Å²) in [4.78, 5) is 14.4. The lowest BCUT2D eigenvalue weighted by Crippen LogP contribution is -2.33. The lowest BCUT2D eigenvalue weighted by Gasteiger charge is -2.29. The van der Waals surface area contributed by atoms with Crippen LogP contribution in [0.4, 0.5) is 5.69 Å². The number of nitrogens with one attached hydrogen (secondary N) is 1. The molecule has 1 aromatic carbocycles. The highest BCUT2D eigenvalue weighted by molar-refractivity contribution is 7.89. The Morgan fingerprint density at radius 2 is 1.87 bits per heavy atom. The molecule has 1 amide bonds. The van der Waals surface area contributed by atoms with Crippen LogP contribution in [0.2, 0.25) is 0 Å². The van der Waals surface area contributed by atoms with E-state index in [1.165, 1.54) is 25.0 Å². The van der Waals surface area contributed by atoms with Gasteiger partial charge in [-0.1, -0.05) is 6.92 Å². The molecule has 1 fully saturated rings. The van der Waals surface area contributed by atoms with Gasteiger partial charge in [0.2, 0.25) is 15.9 Å². The lowest BCUT2D eigenvalue weighted by molar-refractivity contribution is -0.116. The molecule has 1 aliphatic rings. The van der Waals surface area contributed by atoms with Crippen molar-refractivity contribution in [3.8, 4) is 0 Å². The van der Waals surface area contributed by atoms with Crippen molar-refractivity contribution in [2.45, 2.75) is 37.5 Å². The first-order valence-electron chi connectivity index (χ1n) is 7.99. The van der Waals surface area contributed by atoms with E-state index < -0.39 is 10.0 Å². The van der Waals surface area contributed by atoms with Crippen molar-refractivity contribution < 1.29 is 13.2 Å². The molecule has 1 saturated heterocycles. The number of piperidine rings is 1. The van der Waals surface area contributed by atoms with E-state index in [1.807, 2.05) is 0 Å². The molecule has 0 aliphatic carbocycles. The van der Waals surface area contributed by atoms with Crippen LogP contribution >= 0.6 is 0 Å². The number of carbonyl (C=O) groups is 1. The minimum absolute atomic E-state index is 0.0369. The molecule has 1 heterocycles. The molecule has 0 radical (unpaired) electrons. The maximum Gasteiger partial charge on any atom is 0.238 e. The zero-order chi connectivity index (χ0) is 16.9. The summed E-state index contributed by atoms with van der Waals surface area (Å²) in [5.41, 5.74) is 0.578. The molecule has 128 valence electrons. The molecule has 6 nitrogen and oxygen atoms in total. The number of hydrogen-bond donors (Lipinski definition) is 2. The van der Waals surface area contributed by atoms with Crippen molar-refractivity contribution in [2.75, 3.05) is 25.0 Å². The first-order chi connectivity index (χ1) is 10.8. The average molecular weight is 339 g/mol. The molecular weight excluding hydrogens is 314 g/mol. The number of likely N-dealkylation sites (tertiary alicyclic amines) is 1. The van der Waals surface area contributed by atoms with Gasteiger partial charge in [0.15, 0.2) is 0 Å². The van der Waals surface area contributed by atoms with Gasteiger partial charge < -0.3 is 10.2 Å². The van der Waals surface area contributed by atoms with Gasteiger partial charge in [-0.2, -0.15) is 0 Å². The molecule has 2 rings (SSSR count). The number of carbonyl (C=O) groups excluding carboxylic acids is 1. The second-order valence-electron chi connectivity index (χ2n) is 6.25. The quantitative estimate of drug-likeness (QED) is 0.826. The third kappa shape index (κ3) is 5.93. The third-order valence-electron chi connectivity index (χ3n) is 4.22. The average Bonchev–Trinajstić information content (AvgIpc) is 2.49. The van der Waals surface area contributed by atoms with Crippen LogP contribution in [-0.2, 0) is 14.8 Å². The van der Waals surface area contributed by atoms with Crippen molar-refractivity contribution in [3.63, 3.8) is 0 Å². The molecule has 1 aliphatic heterocycles. The third-order valence-corrected chi connectivity index (χ3v) is 5.15. The maximum atomic E-state index is 11.9. The van der Waals surface area contributed by atoms with Crippen LogP contribution < -0.4 is 10.5 Å². The summed E-state index contributed by atoms with van der Waals surface area (Å²) in [6, 6.07) is 5.87. The topological polar surface area (TPSA) is 92.5 Å². The Hall–Kier alpha value is -1.44. The van der Waals surface area contributed by atoms with Crippen LogP contribution in [0.25, 0.3) is 0 Å². The predicted molar refractivity (Wildman–Crippen MR) is 90.5 cm³/mol. The zero-order valence-electron chi connectivity index (χ0n) is 13.5. The summed E-state index contributed by atoms with van der Waals surface area (Å²) in [6.45, 7) is 5.48. The number of benzene rings is 1. The molecule has 7 heteroatoms. The van der Waals surface area contributed by atoms with E-state index in [0.29, 0.717) is 12.1 Å². The smallest absolute Gasteiger partial charge is 0.238 e. The van der Waals surface area contributed by atoms with Crippen LogP contribution in [0.15, 0.2) is 29.2 Å². The standard InChI is InChI=1S/C16H25N3O3S/c1-13-8-11-19(12-9-13)10-2-3-16(20)18-14-4-6-15(7-5-14)23(17,21)22/h4-7,13H,2-3,8-12H2,1H3,(H,18,20)(H2,17,21,22). The molecule has 3 N–H and O–H groups in total. The normalized spacial score (nSPS) is 17.1. The van der Waals surface area contributed by atoms with Crippen molar-refractivity contribution in [1.29, 1.82) is 0 Å². The Bertz CT molecular complexity index is 620. The van der Waals surface area contributed by atoms with Gasteiger partial charge in [0.05, 0.1) is 4.90 Å². The molecule has 1 aromatic rings. The van der Waals surface area contributed by atoms with Crippen LogP contribution in [0.1, 0.15) is 32.6 Å². The summed E-state index contributed by atoms with van der Waals surface area (Å²) in [5, 5.41) is 7.81. The second kappa shape index (κ2) is 7.90. The predicted octanol–water partition coefficient (Wildman–Crippen LogP) is 1.78. The summed E-state index contributed by atoms with van der Waals surface area (Å²) >= 11 is 0. The van der Waals surface area contributed by atoms with Crippen LogP contribution in [-0.4, -0.2) is 38.9 Å². The van der Waals surface area contributed by atoms with E-state index in [1.54, 1.807) is 12.1 Å². The Morgan fingerprint density at radius 1 is 1.26 bits per heavy atom. The highest BCUT2D eigenvalue weighted by Gasteiger charge is 2.15. The number of nitrogens with zero attached hydrogens (tertiary/aromatic N) is 1. The Labute approximate surface area is 138 Å². The van der Waals surface area contributed by atoms with Gasteiger partial charge in [-0.3, -0.25) is 4.79 Å². The molecule has 23 heavy (non-hydrogen) atoms. The first kappa shape index (κ1) is 17.9. The molecular formula is C16H25N3O3S. The highest BCUT2D eigenvalue weighted by Crippen LogP contribution is 2.16. The van der Waals surface area contributed by atoms with Crippen LogP contribution in [0.5, 0.6) is 0 Å². The number of nitrogens with two attached hydrogens (primary N) is 1.